The summed E-state index contributed by atoms with van der Waals surface area (Å²) in [5.41, 5.74) is 7.32. The molecule has 3 heteroatoms. The van der Waals surface area contributed by atoms with Crippen LogP contribution in [0.15, 0.2) is 42.5 Å². The Labute approximate surface area is 133 Å². The van der Waals surface area contributed by atoms with Crippen molar-refractivity contribution in [2.75, 3.05) is 0 Å². The van der Waals surface area contributed by atoms with E-state index >= 15 is 0 Å². The summed E-state index contributed by atoms with van der Waals surface area (Å²) in [6, 6.07) is 15.3. The fourth-order valence-electron chi connectivity index (χ4n) is 4.46. The largest absolute Gasteiger partial charge is 0.366 e. The molecule has 0 aliphatic carbocycles. The Morgan fingerprint density at radius 1 is 1.04 bits per heavy atom. The number of pyridine rings is 1. The van der Waals surface area contributed by atoms with Crippen LogP contribution in [0.5, 0.6) is 0 Å². The van der Waals surface area contributed by atoms with Gasteiger partial charge in [-0.1, -0.05) is 24.3 Å². The molecule has 6 rings (SSSR count). The Hall–Kier alpha value is -2.39. The lowest BCUT2D eigenvalue weighted by molar-refractivity contribution is 0.0717. The molecule has 0 N–H and O–H groups in total. The van der Waals surface area contributed by atoms with E-state index in [1.807, 2.05) is 0 Å². The smallest absolute Gasteiger partial charge is 0.146 e. The second-order valence-corrected chi connectivity index (χ2v) is 6.80. The van der Waals surface area contributed by atoms with E-state index in [0.717, 1.165) is 24.0 Å². The average Bonchev–Trinajstić information content (AvgIpc) is 3.26. The van der Waals surface area contributed by atoms with Gasteiger partial charge in [0.1, 0.15) is 5.65 Å². The van der Waals surface area contributed by atoms with Crippen molar-refractivity contribution in [1.82, 2.24) is 9.38 Å². The lowest BCUT2D eigenvalue weighted by Crippen LogP contribution is -1.98. The molecule has 23 heavy (non-hydrogen) atoms. The zero-order valence-corrected chi connectivity index (χ0v) is 12.9. The molecule has 3 nitrogen and oxygen atoms in total. The molecule has 2 aromatic heterocycles. The molecule has 0 spiro atoms. The highest BCUT2D eigenvalue weighted by Crippen LogP contribution is 2.51. The Balaban J connectivity index is 1.80. The number of hydrogen-bond acceptors (Lipinski definition) is 2. The van der Waals surface area contributed by atoms with Crippen LogP contribution in [0.4, 0.5) is 0 Å². The van der Waals surface area contributed by atoms with Gasteiger partial charge in [-0.3, -0.25) is 4.40 Å². The quantitative estimate of drug-likeness (QED) is 0.464. The molecule has 4 heterocycles. The fraction of sp³-hybridized carbons (Fsp3) is 0.250. The predicted molar refractivity (Wildman–Crippen MR) is 90.7 cm³/mol. The topological polar surface area (TPSA) is 26.5 Å². The molecule has 2 aromatic carbocycles. The minimum Gasteiger partial charge on any atom is -0.366 e. The van der Waals surface area contributed by atoms with Gasteiger partial charge in [-0.25, -0.2) is 4.98 Å². The number of imidazole rings is 1. The van der Waals surface area contributed by atoms with Crippen molar-refractivity contribution in [3.05, 3.63) is 59.3 Å². The summed E-state index contributed by atoms with van der Waals surface area (Å²) in [7, 11) is 0. The van der Waals surface area contributed by atoms with Crippen molar-refractivity contribution < 1.29 is 4.74 Å². The Morgan fingerprint density at radius 3 is 2.70 bits per heavy atom. The highest BCUT2D eigenvalue weighted by atomic mass is 16.5. The summed E-state index contributed by atoms with van der Waals surface area (Å²) in [5, 5.41) is 2.47. The normalized spacial score (nSPS) is 22.5. The van der Waals surface area contributed by atoms with Gasteiger partial charge < -0.3 is 4.74 Å². The second kappa shape index (κ2) is 3.92. The first-order chi connectivity index (χ1) is 11.3. The molecule has 1 fully saturated rings. The molecule has 0 saturated carbocycles. The second-order valence-electron chi connectivity index (χ2n) is 6.80. The van der Waals surface area contributed by atoms with Gasteiger partial charge in [0.25, 0.3) is 0 Å². The van der Waals surface area contributed by atoms with Gasteiger partial charge in [-0.15, -0.1) is 0 Å². The first-order valence-electron chi connectivity index (χ1n) is 8.29. The van der Waals surface area contributed by atoms with Crippen molar-refractivity contribution in [3.8, 4) is 0 Å². The highest BCUT2D eigenvalue weighted by Gasteiger charge is 2.38. The van der Waals surface area contributed by atoms with Gasteiger partial charge in [0.05, 0.1) is 23.2 Å². The standard InChI is InChI=1S/C20H16N2O/c1-11-8-12-4-2-3-5-13(12)20-21-16-9-14-15(10-17(16)22(11)20)19-7-6-18(14)23-19/h2-5,8-10,18-19H,6-7H2,1H3. The van der Waals surface area contributed by atoms with Crippen LogP contribution in [0, 0.1) is 6.92 Å². The van der Waals surface area contributed by atoms with Crippen LogP contribution >= 0.6 is 0 Å². The molecule has 2 aliphatic rings. The Bertz CT molecular complexity index is 1130. The van der Waals surface area contributed by atoms with E-state index in [1.54, 1.807) is 0 Å². The third kappa shape index (κ3) is 1.41. The SMILES string of the molecule is Cc1cc2ccccc2c2nc3cc4c(cc3n12)C1CCC4O1. The molecule has 2 atom stereocenters. The number of aryl methyl sites for hydroxylation is 1. The fourth-order valence-corrected chi connectivity index (χ4v) is 4.46. The highest BCUT2D eigenvalue weighted by molar-refractivity contribution is 5.99. The van der Waals surface area contributed by atoms with Crippen LogP contribution in [-0.2, 0) is 4.74 Å². The van der Waals surface area contributed by atoms with Crippen molar-refractivity contribution in [1.29, 1.82) is 0 Å². The van der Waals surface area contributed by atoms with Gasteiger partial charge in [-0.05, 0) is 54.5 Å². The zero-order chi connectivity index (χ0) is 15.1. The molecule has 112 valence electrons. The summed E-state index contributed by atoms with van der Waals surface area (Å²) in [6.45, 7) is 2.16. The molecule has 0 amide bonds. The van der Waals surface area contributed by atoms with E-state index in [-0.39, 0.29) is 0 Å². The molecular weight excluding hydrogens is 284 g/mol. The number of hydrogen-bond donors (Lipinski definition) is 0. The molecule has 0 radical (unpaired) electrons. The number of benzene rings is 2. The zero-order valence-electron chi connectivity index (χ0n) is 12.9. The van der Waals surface area contributed by atoms with Crippen molar-refractivity contribution in [3.63, 3.8) is 0 Å². The van der Waals surface area contributed by atoms with Crippen LogP contribution in [0.1, 0.15) is 41.9 Å². The van der Waals surface area contributed by atoms with Crippen LogP contribution in [-0.4, -0.2) is 9.38 Å². The van der Waals surface area contributed by atoms with E-state index in [2.05, 4.69) is 53.8 Å². The summed E-state index contributed by atoms with van der Waals surface area (Å²) in [6.07, 6.45) is 2.90. The summed E-state index contributed by atoms with van der Waals surface area (Å²) in [5.74, 6) is 0. The van der Waals surface area contributed by atoms with Crippen molar-refractivity contribution in [2.24, 2.45) is 0 Å². The number of nitrogens with zero attached hydrogens (tertiary/aromatic N) is 2. The third-order valence-electron chi connectivity index (χ3n) is 5.49. The average molecular weight is 300 g/mol. The molecule has 1 saturated heterocycles. The van der Waals surface area contributed by atoms with Crippen LogP contribution in [0.25, 0.3) is 27.5 Å². The molecule has 4 aromatic rings. The number of ether oxygens (including phenoxy) is 1. The Kier molecular flexibility index (Phi) is 2.06. The van der Waals surface area contributed by atoms with Crippen molar-refractivity contribution in [2.45, 2.75) is 32.0 Å². The van der Waals surface area contributed by atoms with E-state index in [1.165, 1.54) is 33.1 Å². The lowest BCUT2D eigenvalue weighted by Gasteiger charge is -2.11. The first-order valence-corrected chi connectivity index (χ1v) is 8.29. The van der Waals surface area contributed by atoms with Gasteiger partial charge in [0.15, 0.2) is 0 Å². The van der Waals surface area contributed by atoms with E-state index < -0.39 is 0 Å². The number of rotatable bonds is 0. The maximum absolute atomic E-state index is 6.06. The summed E-state index contributed by atoms with van der Waals surface area (Å²) < 4.78 is 8.35. The minimum atomic E-state index is 0.294. The summed E-state index contributed by atoms with van der Waals surface area (Å²) >= 11 is 0. The third-order valence-corrected chi connectivity index (χ3v) is 5.49. The molecule has 2 unspecified atom stereocenters. The van der Waals surface area contributed by atoms with Gasteiger partial charge in [0.2, 0.25) is 0 Å². The van der Waals surface area contributed by atoms with E-state index in [4.69, 9.17) is 9.72 Å². The molecular formula is C20H16N2O. The van der Waals surface area contributed by atoms with Gasteiger partial charge in [-0.2, -0.15) is 0 Å². The van der Waals surface area contributed by atoms with E-state index in [9.17, 15) is 0 Å². The number of aromatic nitrogens is 2. The monoisotopic (exact) mass is 300 g/mol. The van der Waals surface area contributed by atoms with Gasteiger partial charge in [0, 0.05) is 11.1 Å². The van der Waals surface area contributed by atoms with Crippen molar-refractivity contribution >= 4 is 27.5 Å². The lowest BCUT2D eigenvalue weighted by atomic mass is 9.91. The Morgan fingerprint density at radius 2 is 1.83 bits per heavy atom. The first kappa shape index (κ1) is 12.1. The van der Waals surface area contributed by atoms with Crippen LogP contribution in [0.2, 0.25) is 0 Å². The summed E-state index contributed by atoms with van der Waals surface area (Å²) in [4.78, 5) is 4.97. The van der Waals surface area contributed by atoms with Crippen LogP contribution < -0.4 is 0 Å². The van der Waals surface area contributed by atoms with Gasteiger partial charge >= 0.3 is 0 Å². The minimum absolute atomic E-state index is 0.294. The maximum Gasteiger partial charge on any atom is 0.146 e. The molecule has 2 bridgehead atoms. The number of fused-ring (bicyclic) bond motifs is 10. The van der Waals surface area contributed by atoms with E-state index in [0.29, 0.717) is 12.2 Å². The molecule has 2 aliphatic heterocycles. The van der Waals surface area contributed by atoms with Crippen LogP contribution in [0.3, 0.4) is 0 Å². The predicted octanol–water partition coefficient (Wildman–Crippen LogP) is 4.86. The maximum atomic E-state index is 6.06.